The van der Waals surface area contributed by atoms with Gasteiger partial charge in [-0.1, -0.05) is 12.1 Å². The SMILES string of the molecule is C[C@H]1CC[C@H](C)N1c1ccc(-c2nc3ccccc3[nH]2)cn1. The number of nitrogens with one attached hydrogen (secondary N) is 1. The molecule has 3 aromatic rings. The molecule has 0 saturated carbocycles. The number of pyridine rings is 1. The Morgan fingerprint density at radius 3 is 2.50 bits per heavy atom. The highest BCUT2D eigenvalue weighted by Crippen LogP contribution is 2.29. The van der Waals surface area contributed by atoms with E-state index >= 15 is 0 Å². The van der Waals surface area contributed by atoms with Crippen LogP contribution in [0.2, 0.25) is 0 Å². The van der Waals surface area contributed by atoms with Crippen LogP contribution >= 0.6 is 0 Å². The van der Waals surface area contributed by atoms with Crippen LogP contribution in [0.1, 0.15) is 26.7 Å². The zero-order valence-corrected chi connectivity index (χ0v) is 13.0. The molecule has 4 rings (SSSR count). The summed E-state index contributed by atoms with van der Waals surface area (Å²) in [5.74, 6) is 1.94. The third-order valence-corrected chi connectivity index (χ3v) is 4.63. The summed E-state index contributed by atoms with van der Waals surface area (Å²) >= 11 is 0. The largest absolute Gasteiger partial charge is 0.351 e. The molecule has 0 amide bonds. The first-order chi connectivity index (χ1) is 10.7. The molecule has 0 bridgehead atoms. The smallest absolute Gasteiger partial charge is 0.140 e. The molecule has 1 N–H and O–H groups in total. The topological polar surface area (TPSA) is 44.8 Å². The van der Waals surface area contributed by atoms with Crippen LogP contribution in [0.15, 0.2) is 42.6 Å². The van der Waals surface area contributed by atoms with Gasteiger partial charge in [-0.25, -0.2) is 9.97 Å². The number of benzene rings is 1. The van der Waals surface area contributed by atoms with E-state index in [0.717, 1.165) is 28.2 Å². The van der Waals surface area contributed by atoms with E-state index < -0.39 is 0 Å². The predicted octanol–water partition coefficient (Wildman–Crippen LogP) is 4.00. The Hall–Kier alpha value is -2.36. The Bertz CT molecular complexity index is 747. The molecule has 1 aliphatic heterocycles. The molecule has 2 atom stereocenters. The molecule has 4 heteroatoms. The summed E-state index contributed by atoms with van der Waals surface area (Å²) in [6.45, 7) is 4.55. The number of aromatic amines is 1. The highest BCUT2D eigenvalue weighted by Gasteiger charge is 2.28. The summed E-state index contributed by atoms with van der Waals surface area (Å²) in [6.07, 6.45) is 4.41. The van der Waals surface area contributed by atoms with Crippen molar-refractivity contribution in [3.8, 4) is 11.4 Å². The van der Waals surface area contributed by atoms with Gasteiger partial charge in [0.1, 0.15) is 11.6 Å². The molecular formula is C18H20N4. The molecule has 0 spiro atoms. The van der Waals surface area contributed by atoms with E-state index in [9.17, 15) is 0 Å². The summed E-state index contributed by atoms with van der Waals surface area (Å²) in [5, 5.41) is 0. The molecule has 112 valence electrons. The molecule has 1 fully saturated rings. The van der Waals surface area contributed by atoms with Gasteiger partial charge < -0.3 is 9.88 Å². The first-order valence-electron chi connectivity index (χ1n) is 7.92. The summed E-state index contributed by atoms with van der Waals surface area (Å²) < 4.78 is 0. The molecule has 4 nitrogen and oxygen atoms in total. The van der Waals surface area contributed by atoms with Crippen LogP contribution in [0.3, 0.4) is 0 Å². The number of aromatic nitrogens is 3. The van der Waals surface area contributed by atoms with E-state index in [-0.39, 0.29) is 0 Å². The average Bonchev–Trinajstić information content (AvgIpc) is 3.11. The van der Waals surface area contributed by atoms with E-state index in [1.807, 2.05) is 30.5 Å². The van der Waals surface area contributed by atoms with E-state index in [0.29, 0.717) is 12.1 Å². The fourth-order valence-electron chi connectivity index (χ4n) is 3.41. The standard InChI is InChI=1S/C18H20N4/c1-12-7-8-13(2)22(12)17-10-9-14(11-19-17)18-20-15-5-3-4-6-16(15)21-18/h3-6,9-13H,7-8H2,1-2H3,(H,20,21)/t12-,13-/m0/s1. The number of fused-ring (bicyclic) bond motifs is 1. The first kappa shape index (κ1) is 13.3. The Labute approximate surface area is 130 Å². The van der Waals surface area contributed by atoms with Gasteiger partial charge in [0.25, 0.3) is 0 Å². The second kappa shape index (κ2) is 5.13. The van der Waals surface area contributed by atoms with Gasteiger partial charge in [0, 0.05) is 23.8 Å². The number of hydrogen-bond acceptors (Lipinski definition) is 3. The zero-order valence-electron chi connectivity index (χ0n) is 13.0. The minimum atomic E-state index is 0.569. The van der Waals surface area contributed by atoms with Crippen molar-refractivity contribution in [3.05, 3.63) is 42.6 Å². The van der Waals surface area contributed by atoms with Crippen LogP contribution in [0, 0.1) is 0 Å². The number of rotatable bonds is 2. The highest BCUT2D eigenvalue weighted by molar-refractivity contribution is 5.79. The summed E-state index contributed by atoms with van der Waals surface area (Å²) in [7, 11) is 0. The molecule has 0 aliphatic carbocycles. The molecule has 2 aromatic heterocycles. The Morgan fingerprint density at radius 2 is 1.82 bits per heavy atom. The molecule has 3 heterocycles. The monoisotopic (exact) mass is 292 g/mol. The normalized spacial score (nSPS) is 21.6. The van der Waals surface area contributed by atoms with E-state index in [4.69, 9.17) is 0 Å². The Balaban J connectivity index is 1.66. The first-order valence-corrected chi connectivity index (χ1v) is 7.92. The van der Waals surface area contributed by atoms with Crippen LogP contribution in [0.25, 0.3) is 22.4 Å². The van der Waals surface area contributed by atoms with E-state index in [2.05, 4.69) is 45.8 Å². The second-order valence-corrected chi connectivity index (χ2v) is 6.19. The van der Waals surface area contributed by atoms with Gasteiger partial charge >= 0.3 is 0 Å². The summed E-state index contributed by atoms with van der Waals surface area (Å²) in [5.41, 5.74) is 3.08. The van der Waals surface area contributed by atoms with Gasteiger partial charge in [0.05, 0.1) is 11.0 Å². The fraction of sp³-hybridized carbons (Fsp3) is 0.333. The van der Waals surface area contributed by atoms with E-state index in [1.165, 1.54) is 12.8 Å². The van der Waals surface area contributed by atoms with Crippen LogP contribution in [0.5, 0.6) is 0 Å². The number of imidazole rings is 1. The van der Waals surface area contributed by atoms with Crippen molar-refractivity contribution in [2.45, 2.75) is 38.8 Å². The maximum Gasteiger partial charge on any atom is 0.140 e. The van der Waals surface area contributed by atoms with Crippen molar-refractivity contribution in [1.82, 2.24) is 15.0 Å². The zero-order chi connectivity index (χ0) is 15.1. The van der Waals surface area contributed by atoms with Crippen molar-refractivity contribution in [2.75, 3.05) is 4.90 Å². The molecule has 1 aliphatic rings. The van der Waals surface area contributed by atoms with Crippen LogP contribution < -0.4 is 4.90 Å². The van der Waals surface area contributed by atoms with Gasteiger partial charge in [-0.3, -0.25) is 0 Å². The lowest BCUT2D eigenvalue weighted by atomic mass is 10.2. The maximum absolute atomic E-state index is 4.67. The third-order valence-electron chi connectivity index (χ3n) is 4.63. The quantitative estimate of drug-likeness (QED) is 0.776. The number of hydrogen-bond donors (Lipinski definition) is 1. The number of anilines is 1. The van der Waals surface area contributed by atoms with Gasteiger partial charge in [-0.2, -0.15) is 0 Å². The Morgan fingerprint density at radius 1 is 1.05 bits per heavy atom. The lowest BCUT2D eigenvalue weighted by Gasteiger charge is -2.27. The fourth-order valence-corrected chi connectivity index (χ4v) is 3.41. The minimum Gasteiger partial charge on any atom is -0.351 e. The van der Waals surface area contributed by atoms with Gasteiger partial charge in [0.2, 0.25) is 0 Å². The van der Waals surface area contributed by atoms with Crippen molar-refractivity contribution in [3.63, 3.8) is 0 Å². The molecule has 1 aromatic carbocycles. The van der Waals surface area contributed by atoms with Crippen molar-refractivity contribution < 1.29 is 0 Å². The molecule has 22 heavy (non-hydrogen) atoms. The highest BCUT2D eigenvalue weighted by atomic mass is 15.2. The number of para-hydroxylation sites is 2. The second-order valence-electron chi connectivity index (χ2n) is 6.19. The number of nitrogens with zero attached hydrogens (tertiary/aromatic N) is 3. The molecular weight excluding hydrogens is 272 g/mol. The van der Waals surface area contributed by atoms with Crippen molar-refractivity contribution in [2.24, 2.45) is 0 Å². The predicted molar refractivity (Wildman–Crippen MR) is 90.0 cm³/mol. The molecule has 1 saturated heterocycles. The van der Waals surface area contributed by atoms with Gasteiger partial charge in [0.15, 0.2) is 0 Å². The molecule has 0 radical (unpaired) electrons. The lowest BCUT2D eigenvalue weighted by Crippen LogP contribution is -2.33. The average molecular weight is 292 g/mol. The third kappa shape index (κ3) is 2.15. The van der Waals surface area contributed by atoms with Crippen LogP contribution in [-0.4, -0.2) is 27.0 Å². The minimum absolute atomic E-state index is 0.569. The Kier molecular flexibility index (Phi) is 3.10. The summed E-state index contributed by atoms with van der Waals surface area (Å²) in [4.78, 5) is 15.1. The van der Waals surface area contributed by atoms with Crippen LogP contribution in [-0.2, 0) is 0 Å². The van der Waals surface area contributed by atoms with Crippen LogP contribution in [0.4, 0.5) is 5.82 Å². The summed E-state index contributed by atoms with van der Waals surface area (Å²) in [6, 6.07) is 13.4. The van der Waals surface area contributed by atoms with Crippen molar-refractivity contribution in [1.29, 1.82) is 0 Å². The van der Waals surface area contributed by atoms with E-state index in [1.54, 1.807) is 0 Å². The molecule has 0 unspecified atom stereocenters. The van der Waals surface area contributed by atoms with Gasteiger partial charge in [-0.05, 0) is 51.0 Å². The number of H-pyrrole nitrogens is 1. The maximum atomic E-state index is 4.67. The lowest BCUT2D eigenvalue weighted by molar-refractivity contribution is 0.683. The van der Waals surface area contributed by atoms with Crippen molar-refractivity contribution >= 4 is 16.9 Å². The van der Waals surface area contributed by atoms with Gasteiger partial charge in [-0.15, -0.1) is 0 Å².